The molecule has 1 aliphatic rings. The fraction of sp³-hybridized carbons (Fsp3) is 0.500. The zero-order chi connectivity index (χ0) is 15.2. The van der Waals surface area contributed by atoms with Crippen molar-refractivity contribution in [2.45, 2.75) is 19.8 Å². The van der Waals surface area contributed by atoms with Gasteiger partial charge in [0, 0.05) is 25.8 Å². The lowest BCUT2D eigenvalue weighted by Gasteiger charge is -2.31. The van der Waals surface area contributed by atoms with Gasteiger partial charge in [-0.1, -0.05) is 12.1 Å². The van der Waals surface area contributed by atoms with Gasteiger partial charge in [-0.25, -0.2) is 0 Å². The minimum Gasteiger partial charge on any atom is -0.466 e. The molecule has 5 nitrogen and oxygen atoms in total. The van der Waals surface area contributed by atoms with Gasteiger partial charge in [-0.15, -0.1) is 0 Å². The van der Waals surface area contributed by atoms with Crippen molar-refractivity contribution < 1.29 is 14.3 Å². The van der Waals surface area contributed by atoms with Crippen LogP contribution in [0.25, 0.3) is 0 Å². The van der Waals surface area contributed by atoms with Gasteiger partial charge in [-0.2, -0.15) is 0 Å². The molecule has 0 atom stereocenters. The van der Waals surface area contributed by atoms with Crippen LogP contribution in [-0.4, -0.2) is 43.5 Å². The normalized spacial score (nSPS) is 15.6. The highest BCUT2D eigenvalue weighted by Crippen LogP contribution is 2.23. The molecule has 0 bridgehead atoms. The molecule has 2 rings (SSSR count). The number of nitrogens with one attached hydrogen (secondary N) is 1. The molecule has 1 saturated heterocycles. The number of benzene rings is 1. The number of hydrogen-bond donors (Lipinski definition) is 1. The fourth-order valence-electron chi connectivity index (χ4n) is 2.64. The molecule has 0 aromatic heterocycles. The standard InChI is InChI=1S/C16H22N2O3/c1-3-21-16(20)12-8-10-18(11-9-12)15(19)13-6-4-5-7-14(13)17-2/h4-7,12,17H,3,8-11H2,1-2H3. The Labute approximate surface area is 125 Å². The molecular formula is C16H22N2O3. The summed E-state index contributed by atoms with van der Waals surface area (Å²) < 4.78 is 5.05. The van der Waals surface area contributed by atoms with Gasteiger partial charge in [0.2, 0.25) is 0 Å². The average molecular weight is 290 g/mol. The van der Waals surface area contributed by atoms with E-state index in [4.69, 9.17) is 4.74 Å². The van der Waals surface area contributed by atoms with E-state index >= 15 is 0 Å². The van der Waals surface area contributed by atoms with Crippen LogP contribution in [0.5, 0.6) is 0 Å². The lowest BCUT2D eigenvalue weighted by molar-refractivity contribution is -0.149. The highest BCUT2D eigenvalue weighted by molar-refractivity contribution is 5.99. The van der Waals surface area contributed by atoms with Gasteiger partial charge in [0.1, 0.15) is 0 Å². The van der Waals surface area contributed by atoms with E-state index < -0.39 is 0 Å². The predicted octanol–water partition coefficient (Wildman–Crippen LogP) is 2.14. The topological polar surface area (TPSA) is 58.6 Å². The molecule has 1 fully saturated rings. The van der Waals surface area contributed by atoms with E-state index in [2.05, 4.69) is 5.32 Å². The van der Waals surface area contributed by atoms with Crippen LogP contribution in [0.2, 0.25) is 0 Å². The summed E-state index contributed by atoms with van der Waals surface area (Å²) in [6.07, 6.45) is 1.35. The minimum absolute atomic E-state index is 0.0160. The molecule has 114 valence electrons. The molecule has 0 unspecified atom stereocenters. The van der Waals surface area contributed by atoms with Crippen LogP contribution in [-0.2, 0) is 9.53 Å². The fourth-order valence-corrected chi connectivity index (χ4v) is 2.64. The van der Waals surface area contributed by atoms with Crippen molar-refractivity contribution >= 4 is 17.6 Å². The number of amides is 1. The van der Waals surface area contributed by atoms with Crippen molar-refractivity contribution in [2.24, 2.45) is 5.92 Å². The van der Waals surface area contributed by atoms with E-state index in [-0.39, 0.29) is 17.8 Å². The van der Waals surface area contributed by atoms with E-state index in [0.717, 1.165) is 5.69 Å². The lowest BCUT2D eigenvalue weighted by atomic mass is 9.96. The maximum Gasteiger partial charge on any atom is 0.309 e. The first-order valence-electron chi connectivity index (χ1n) is 7.40. The smallest absolute Gasteiger partial charge is 0.309 e. The lowest BCUT2D eigenvalue weighted by Crippen LogP contribution is -2.40. The highest BCUT2D eigenvalue weighted by atomic mass is 16.5. The number of nitrogens with zero attached hydrogens (tertiary/aromatic N) is 1. The van der Waals surface area contributed by atoms with Crippen molar-refractivity contribution in [1.29, 1.82) is 0 Å². The number of para-hydroxylation sites is 1. The van der Waals surface area contributed by atoms with Crippen LogP contribution < -0.4 is 5.32 Å². The third kappa shape index (κ3) is 3.54. The molecule has 0 radical (unpaired) electrons. The Morgan fingerprint density at radius 2 is 1.95 bits per heavy atom. The number of esters is 1. The zero-order valence-corrected chi connectivity index (χ0v) is 12.6. The summed E-state index contributed by atoms with van der Waals surface area (Å²) in [5.74, 6) is -0.198. The number of rotatable bonds is 4. The van der Waals surface area contributed by atoms with Crippen molar-refractivity contribution in [3.8, 4) is 0 Å². The van der Waals surface area contributed by atoms with Gasteiger partial charge in [-0.05, 0) is 31.9 Å². The molecule has 1 amide bonds. The quantitative estimate of drug-likeness (QED) is 0.863. The maximum absolute atomic E-state index is 12.6. The average Bonchev–Trinajstić information content (AvgIpc) is 2.54. The Bertz CT molecular complexity index is 508. The van der Waals surface area contributed by atoms with Gasteiger partial charge in [0.25, 0.3) is 5.91 Å². The number of hydrogen-bond acceptors (Lipinski definition) is 4. The molecule has 1 aliphatic heterocycles. The summed E-state index contributed by atoms with van der Waals surface area (Å²) in [6, 6.07) is 7.47. The number of carbonyl (C=O) groups excluding carboxylic acids is 2. The van der Waals surface area contributed by atoms with Crippen molar-refractivity contribution in [3.63, 3.8) is 0 Å². The van der Waals surface area contributed by atoms with E-state index in [1.165, 1.54) is 0 Å². The summed E-state index contributed by atoms with van der Waals surface area (Å²) in [4.78, 5) is 26.1. The van der Waals surface area contributed by atoms with E-state index in [1.54, 1.807) is 7.05 Å². The first-order chi connectivity index (χ1) is 10.2. The molecule has 1 heterocycles. The second-order valence-corrected chi connectivity index (χ2v) is 5.11. The van der Waals surface area contributed by atoms with Crippen LogP contribution in [0.15, 0.2) is 24.3 Å². The van der Waals surface area contributed by atoms with Gasteiger partial charge in [-0.3, -0.25) is 9.59 Å². The maximum atomic E-state index is 12.6. The summed E-state index contributed by atoms with van der Waals surface area (Å²) in [5, 5.41) is 3.04. The second kappa shape index (κ2) is 7.11. The molecule has 1 N–H and O–H groups in total. The molecule has 0 spiro atoms. The van der Waals surface area contributed by atoms with Crippen LogP contribution in [0.4, 0.5) is 5.69 Å². The Morgan fingerprint density at radius 1 is 1.29 bits per heavy atom. The first-order valence-corrected chi connectivity index (χ1v) is 7.40. The first kappa shape index (κ1) is 15.4. The number of carbonyl (C=O) groups is 2. The predicted molar refractivity (Wildman–Crippen MR) is 81.2 cm³/mol. The third-order valence-electron chi connectivity index (χ3n) is 3.83. The van der Waals surface area contributed by atoms with Gasteiger partial charge in [0.15, 0.2) is 0 Å². The number of likely N-dealkylation sites (tertiary alicyclic amines) is 1. The van der Waals surface area contributed by atoms with Crippen LogP contribution in [0.3, 0.4) is 0 Å². The Morgan fingerprint density at radius 3 is 2.57 bits per heavy atom. The number of anilines is 1. The van der Waals surface area contributed by atoms with Crippen molar-refractivity contribution in [2.75, 3.05) is 32.1 Å². The number of ether oxygens (including phenoxy) is 1. The molecule has 5 heteroatoms. The largest absolute Gasteiger partial charge is 0.466 e. The van der Waals surface area contributed by atoms with Crippen molar-refractivity contribution in [3.05, 3.63) is 29.8 Å². The third-order valence-corrected chi connectivity index (χ3v) is 3.83. The van der Waals surface area contributed by atoms with Gasteiger partial charge in [0.05, 0.1) is 18.1 Å². The molecule has 0 saturated carbocycles. The molecule has 1 aromatic carbocycles. The molecule has 0 aliphatic carbocycles. The molecule has 21 heavy (non-hydrogen) atoms. The highest BCUT2D eigenvalue weighted by Gasteiger charge is 2.29. The SMILES string of the molecule is CCOC(=O)C1CCN(C(=O)c2ccccc2NC)CC1. The van der Waals surface area contributed by atoms with E-state index in [0.29, 0.717) is 38.1 Å². The summed E-state index contributed by atoms with van der Waals surface area (Å²) in [6.45, 7) is 3.42. The summed E-state index contributed by atoms with van der Waals surface area (Å²) in [5.41, 5.74) is 1.50. The van der Waals surface area contributed by atoms with E-state index in [9.17, 15) is 9.59 Å². The summed E-state index contributed by atoms with van der Waals surface area (Å²) in [7, 11) is 1.80. The second-order valence-electron chi connectivity index (χ2n) is 5.11. The van der Waals surface area contributed by atoms with Gasteiger partial charge < -0.3 is 15.0 Å². The van der Waals surface area contributed by atoms with Crippen LogP contribution in [0.1, 0.15) is 30.1 Å². The minimum atomic E-state index is -0.139. The Kier molecular flexibility index (Phi) is 5.20. The monoisotopic (exact) mass is 290 g/mol. The van der Waals surface area contributed by atoms with Gasteiger partial charge >= 0.3 is 5.97 Å². The van der Waals surface area contributed by atoms with E-state index in [1.807, 2.05) is 36.1 Å². The Balaban J connectivity index is 1.99. The van der Waals surface area contributed by atoms with Crippen LogP contribution >= 0.6 is 0 Å². The van der Waals surface area contributed by atoms with Crippen molar-refractivity contribution in [1.82, 2.24) is 4.90 Å². The molecule has 1 aromatic rings. The molecular weight excluding hydrogens is 268 g/mol. The number of piperidine rings is 1. The Hall–Kier alpha value is -2.04. The summed E-state index contributed by atoms with van der Waals surface area (Å²) >= 11 is 0. The van der Waals surface area contributed by atoms with Crippen LogP contribution in [0, 0.1) is 5.92 Å². The zero-order valence-electron chi connectivity index (χ0n) is 12.6.